The predicted molar refractivity (Wildman–Crippen MR) is 604 cm³/mol. The molecule has 0 atom stereocenters. The van der Waals surface area contributed by atoms with Gasteiger partial charge < -0.3 is 18.1 Å². The molecule has 0 unspecified atom stereocenters. The summed E-state index contributed by atoms with van der Waals surface area (Å²) in [6.07, 6.45) is 0. The van der Waals surface area contributed by atoms with E-state index < -0.39 is 0 Å². The zero-order valence-corrected chi connectivity index (χ0v) is 78.9. The zero-order chi connectivity index (χ0) is 93.9. The summed E-state index contributed by atoms with van der Waals surface area (Å²) >= 11 is 0. The van der Waals surface area contributed by atoms with E-state index in [0.717, 1.165) is 27.6 Å². The molecule has 31 rings (SSSR count). The van der Waals surface area contributed by atoms with Gasteiger partial charge in [-0.1, -0.05) is 380 Å². The Bertz CT molecular complexity index is 10400. The summed E-state index contributed by atoms with van der Waals surface area (Å²) in [6.45, 7) is 9.40. The maximum atomic E-state index is 6.12. The lowest BCUT2D eigenvalue weighted by atomic mass is 9.81. The van der Waals surface area contributed by atoms with Gasteiger partial charge in [-0.05, 0) is 313 Å². The lowest BCUT2D eigenvalue weighted by Crippen LogP contribution is -2.14. The van der Waals surface area contributed by atoms with Crippen molar-refractivity contribution in [3.8, 4) is 83.8 Å². The monoisotopic (exact) mass is 1810 g/mol. The number of hydrogen-bond acceptors (Lipinski definition) is 1. The molecular formula is C138H91N3O. The van der Waals surface area contributed by atoms with E-state index in [-0.39, 0.29) is 10.8 Å². The highest BCUT2D eigenvalue weighted by molar-refractivity contribution is 6.29. The Morgan fingerprint density at radius 1 is 0.141 bits per heavy atom. The third-order valence-electron chi connectivity index (χ3n) is 31.7. The summed E-state index contributed by atoms with van der Waals surface area (Å²) in [5.41, 5.74) is 33.5. The fraction of sp³-hybridized carbons (Fsp3) is 0.0435. The van der Waals surface area contributed by atoms with Gasteiger partial charge in [0.25, 0.3) is 0 Å². The minimum absolute atomic E-state index is 0.0132. The Labute approximate surface area is 820 Å². The molecule has 664 valence electrons. The molecule has 2 aliphatic carbocycles. The number of nitrogens with zero attached hydrogens (tertiary/aromatic N) is 3. The first kappa shape index (κ1) is 81.2. The molecule has 0 saturated heterocycles. The number of benzene rings is 25. The first-order chi connectivity index (χ1) is 69.9. The van der Waals surface area contributed by atoms with Gasteiger partial charge in [0, 0.05) is 71.0 Å². The van der Waals surface area contributed by atoms with Crippen LogP contribution in [0.4, 0.5) is 0 Å². The molecular weight excluding hydrogens is 1720 g/mol. The molecule has 0 N–H and O–H groups in total. The molecule has 25 aromatic carbocycles. The molecule has 0 bridgehead atoms. The van der Waals surface area contributed by atoms with Crippen molar-refractivity contribution in [1.29, 1.82) is 0 Å². The van der Waals surface area contributed by atoms with E-state index in [1.165, 1.54) is 263 Å². The number of rotatable bonds is 7. The van der Waals surface area contributed by atoms with Crippen LogP contribution in [-0.2, 0) is 10.8 Å². The van der Waals surface area contributed by atoms with Gasteiger partial charge >= 0.3 is 0 Å². The fourth-order valence-electron chi connectivity index (χ4n) is 25.0. The van der Waals surface area contributed by atoms with Gasteiger partial charge in [-0.15, -0.1) is 0 Å². The summed E-state index contributed by atoms with van der Waals surface area (Å²) in [5, 5.41) is 33.2. The second-order valence-electron chi connectivity index (χ2n) is 40.0. The zero-order valence-electron chi connectivity index (χ0n) is 78.9. The Kier molecular flexibility index (Phi) is 17.9. The Morgan fingerprint density at radius 3 is 0.859 bits per heavy atom. The highest BCUT2D eigenvalue weighted by Gasteiger charge is 2.37. The fourth-order valence-corrected chi connectivity index (χ4v) is 25.0. The van der Waals surface area contributed by atoms with E-state index in [0.29, 0.717) is 0 Å². The molecule has 4 nitrogen and oxygen atoms in total. The lowest BCUT2D eigenvalue weighted by Gasteiger charge is -2.22. The van der Waals surface area contributed by atoms with E-state index in [2.05, 4.69) is 509 Å². The van der Waals surface area contributed by atoms with Crippen LogP contribution in [0.1, 0.15) is 49.9 Å². The molecule has 0 radical (unpaired) electrons. The number of hydrogen-bond donors (Lipinski definition) is 0. The van der Waals surface area contributed by atoms with Gasteiger partial charge in [-0.3, -0.25) is 0 Å². The third-order valence-corrected chi connectivity index (χ3v) is 31.7. The third kappa shape index (κ3) is 12.3. The summed E-state index contributed by atoms with van der Waals surface area (Å²) in [5.74, 6) is 0. The molecule has 2 aliphatic rings. The number of furan rings is 1. The molecule has 29 aromatic rings. The van der Waals surface area contributed by atoms with Crippen molar-refractivity contribution in [2.24, 2.45) is 0 Å². The largest absolute Gasteiger partial charge is 0.456 e. The molecule has 0 aliphatic heterocycles. The van der Waals surface area contributed by atoms with Crippen LogP contribution in [0.2, 0.25) is 0 Å². The van der Waals surface area contributed by atoms with Crippen LogP contribution in [0.3, 0.4) is 0 Å². The van der Waals surface area contributed by atoms with Gasteiger partial charge in [-0.2, -0.15) is 0 Å². The number of aromatic nitrogens is 3. The maximum absolute atomic E-state index is 6.12. The summed E-state index contributed by atoms with van der Waals surface area (Å²) in [6, 6.07) is 177. The highest BCUT2D eigenvalue weighted by Crippen LogP contribution is 2.54. The highest BCUT2D eigenvalue weighted by atomic mass is 16.3. The van der Waals surface area contributed by atoms with Gasteiger partial charge in [-0.25, -0.2) is 0 Å². The maximum Gasteiger partial charge on any atom is 0.135 e. The van der Waals surface area contributed by atoms with Crippen LogP contribution in [0.25, 0.3) is 268 Å². The lowest BCUT2D eigenvalue weighted by molar-refractivity contribution is 0.660. The van der Waals surface area contributed by atoms with Crippen molar-refractivity contribution in [3.63, 3.8) is 0 Å². The van der Waals surface area contributed by atoms with Crippen LogP contribution < -0.4 is 0 Å². The summed E-state index contributed by atoms with van der Waals surface area (Å²) in [4.78, 5) is 0. The number of fused-ring (bicyclic) bond motifs is 36. The molecule has 142 heavy (non-hydrogen) atoms. The second kappa shape index (κ2) is 31.3. The van der Waals surface area contributed by atoms with Crippen molar-refractivity contribution in [2.45, 2.75) is 38.5 Å². The normalized spacial score (nSPS) is 13.0. The van der Waals surface area contributed by atoms with Gasteiger partial charge in [0.2, 0.25) is 0 Å². The standard InChI is InChI=1S/C48H29NO.2C45H31N/c1-2-14-37-35(12-1)36-13-3-4-15-38(36)42-27-31(20-23-39(37)42)30-10-9-11-34(26-30)49-45-18-7-5-16-40(45)43-28-32(21-24-46(43)49)33-22-25-48-44(29-33)41-17-6-8-19-47(41)50-48;1-45(2)41-17-9-7-15-36(41)39-25-28(19-23-42(39)45)29-20-24-44-40(26-29)37-16-8-10-18-43(37)46(44)30-21-22-35-33-13-4-3-11-31(33)32-12-5-6-14-34(32)38(35)27-30;1-45(2)41-17-9-7-15-36(41)37-22-19-29(26-42(37)45)28-20-24-44-40(25-28)38-16-8-10-18-43(38)46(44)30-21-23-35-33-13-4-3-11-31(33)32-12-5-6-14-34(32)39(35)27-30/h1-29H;2*3-27H,1-2H3. The van der Waals surface area contributed by atoms with E-state index in [1.807, 2.05) is 12.1 Å². The van der Waals surface area contributed by atoms with Crippen molar-refractivity contribution < 1.29 is 4.42 Å². The predicted octanol–water partition coefficient (Wildman–Crippen LogP) is 37.9. The summed E-state index contributed by atoms with van der Waals surface area (Å²) in [7, 11) is 0. The quantitative estimate of drug-likeness (QED) is 0.146. The van der Waals surface area contributed by atoms with Crippen LogP contribution in [0.5, 0.6) is 0 Å². The first-order valence-corrected chi connectivity index (χ1v) is 49.6. The van der Waals surface area contributed by atoms with Crippen molar-refractivity contribution >= 4 is 184 Å². The van der Waals surface area contributed by atoms with E-state index in [1.54, 1.807) is 0 Å². The first-order valence-electron chi connectivity index (χ1n) is 49.6. The van der Waals surface area contributed by atoms with E-state index in [9.17, 15) is 0 Å². The molecule has 0 spiro atoms. The molecule has 0 fully saturated rings. The van der Waals surface area contributed by atoms with Crippen molar-refractivity contribution in [2.75, 3.05) is 0 Å². The summed E-state index contributed by atoms with van der Waals surface area (Å²) < 4.78 is 13.4. The SMILES string of the molecule is CC1(C)c2ccccc2-c2cc(-c3ccc4c(c3)c3ccccc3n4-c3ccc4c5ccccc5c5ccccc5c4c3)ccc21.CC1(C)c2ccccc2-c2ccc(-c3ccc4c(c3)c3ccccc3n4-c3ccc4c5ccccc5c5ccccc5c4c3)cc21.c1cc(-c2ccc3c4ccccc4c4ccccc4c3c2)cc(-n2c3ccccc3c3cc(-c4ccc5oc6ccccc6c5c4)ccc32)c1. The Balaban J connectivity index is 0.000000102. The smallest absolute Gasteiger partial charge is 0.135 e. The van der Waals surface area contributed by atoms with E-state index >= 15 is 0 Å². The Morgan fingerprint density at radius 2 is 0.408 bits per heavy atom. The number of para-hydroxylation sites is 4. The average molecular weight is 1810 g/mol. The molecule has 4 heterocycles. The van der Waals surface area contributed by atoms with Crippen LogP contribution in [0, 0.1) is 0 Å². The van der Waals surface area contributed by atoms with Gasteiger partial charge in [0.1, 0.15) is 11.2 Å². The minimum atomic E-state index is -0.0202. The van der Waals surface area contributed by atoms with Crippen LogP contribution in [0.15, 0.2) is 484 Å². The Hall–Kier alpha value is -18.0. The molecule has 0 amide bonds. The van der Waals surface area contributed by atoms with Crippen LogP contribution in [-0.4, -0.2) is 13.7 Å². The van der Waals surface area contributed by atoms with Crippen molar-refractivity contribution in [1.82, 2.24) is 13.7 Å². The minimum Gasteiger partial charge on any atom is -0.456 e. The topological polar surface area (TPSA) is 27.9 Å². The average Bonchev–Trinajstić information content (AvgIpc) is 1.31. The molecule has 4 heteroatoms. The van der Waals surface area contributed by atoms with Gasteiger partial charge in [0.15, 0.2) is 0 Å². The van der Waals surface area contributed by atoms with Crippen molar-refractivity contribution in [3.05, 3.63) is 501 Å². The van der Waals surface area contributed by atoms with E-state index in [4.69, 9.17) is 4.42 Å². The molecule has 4 aromatic heterocycles. The molecule has 0 saturated carbocycles. The van der Waals surface area contributed by atoms with Crippen LogP contribution >= 0.6 is 0 Å². The second-order valence-corrected chi connectivity index (χ2v) is 40.0. The van der Waals surface area contributed by atoms with Gasteiger partial charge in [0.05, 0.1) is 33.1 Å².